The van der Waals surface area contributed by atoms with Crippen molar-refractivity contribution in [3.05, 3.63) is 11.6 Å². The average molecular weight is 222 g/mol. The molecule has 0 aromatic heterocycles. The third kappa shape index (κ3) is 3.64. The van der Waals surface area contributed by atoms with Crippen molar-refractivity contribution in [1.82, 2.24) is 0 Å². The van der Waals surface area contributed by atoms with Gasteiger partial charge >= 0.3 is 0 Å². The lowest BCUT2D eigenvalue weighted by atomic mass is 9.72. The van der Waals surface area contributed by atoms with Crippen molar-refractivity contribution >= 4 is 0 Å². The van der Waals surface area contributed by atoms with Crippen LogP contribution < -0.4 is 0 Å². The third-order valence-corrected chi connectivity index (χ3v) is 4.36. The van der Waals surface area contributed by atoms with E-state index in [9.17, 15) is 0 Å². The lowest BCUT2D eigenvalue weighted by Crippen LogP contribution is -2.21. The van der Waals surface area contributed by atoms with Gasteiger partial charge in [-0.25, -0.2) is 0 Å². The molecule has 0 heterocycles. The van der Waals surface area contributed by atoms with Crippen molar-refractivity contribution in [2.75, 3.05) is 0 Å². The summed E-state index contributed by atoms with van der Waals surface area (Å²) in [5, 5.41) is 0. The second-order valence-corrected chi connectivity index (χ2v) is 6.58. The summed E-state index contributed by atoms with van der Waals surface area (Å²) in [5.41, 5.74) is 1.76. The van der Waals surface area contributed by atoms with Gasteiger partial charge in [0.15, 0.2) is 0 Å². The van der Waals surface area contributed by atoms with E-state index in [1.54, 1.807) is 5.57 Å². The summed E-state index contributed by atoms with van der Waals surface area (Å²) < 4.78 is 0. The summed E-state index contributed by atoms with van der Waals surface area (Å²) in [4.78, 5) is 0. The van der Waals surface area contributed by atoms with Gasteiger partial charge in [0, 0.05) is 0 Å². The standard InChI is InChI=1S/C16H30/c1-11(2)14(6)10-15-9-13(5)7-8-16(15)12(3)4/h10-14,16H,7-9H2,1-6H3/b15-10+/t13-,14-,16+/m1/s1. The Balaban J connectivity index is 2.78. The molecule has 0 radical (unpaired) electrons. The molecular formula is C16H30. The smallest absolute Gasteiger partial charge is 0.0180 e. The van der Waals surface area contributed by atoms with E-state index in [0.717, 1.165) is 29.6 Å². The molecule has 94 valence electrons. The molecule has 1 aliphatic rings. The Morgan fingerprint density at radius 3 is 2.19 bits per heavy atom. The molecule has 16 heavy (non-hydrogen) atoms. The zero-order valence-corrected chi connectivity index (χ0v) is 12.1. The molecule has 1 saturated carbocycles. The fourth-order valence-electron chi connectivity index (χ4n) is 2.79. The molecular weight excluding hydrogens is 192 g/mol. The molecule has 0 heteroatoms. The summed E-state index contributed by atoms with van der Waals surface area (Å²) in [6.45, 7) is 14.2. The summed E-state index contributed by atoms with van der Waals surface area (Å²) in [6, 6.07) is 0. The monoisotopic (exact) mass is 222 g/mol. The highest BCUT2D eigenvalue weighted by Gasteiger charge is 2.25. The van der Waals surface area contributed by atoms with E-state index >= 15 is 0 Å². The van der Waals surface area contributed by atoms with Gasteiger partial charge in [0.1, 0.15) is 0 Å². The maximum Gasteiger partial charge on any atom is -0.0180 e. The quantitative estimate of drug-likeness (QED) is 0.569. The molecule has 0 aromatic carbocycles. The Bertz CT molecular complexity index is 234. The molecule has 0 unspecified atom stereocenters. The highest BCUT2D eigenvalue weighted by Crippen LogP contribution is 2.38. The maximum absolute atomic E-state index is 2.59. The molecule has 0 aliphatic heterocycles. The normalized spacial score (nSPS) is 31.4. The van der Waals surface area contributed by atoms with E-state index in [1.807, 2.05) is 0 Å². The van der Waals surface area contributed by atoms with E-state index in [1.165, 1.54) is 19.3 Å². The first-order chi connectivity index (χ1) is 7.41. The van der Waals surface area contributed by atoms with Gasteiger partial charge in [0.05, 0.1) is 0 Å². The number of hydrogen-bond donors (Lipinski definition) is 0. The first-order valence-corrected chi connectivity index (χ1v) is 7.12. The van der Waals surface area contributed by atoms with E-state index in [-0.39, 0.29) is 0 Å². The van der Waals surface area contributed by atoms with E-state index in [2.05, 4.69) is 47.6 Å². The summed E-state index contributed by atoms with van der Waals surface area (Å²) >= 11 is 0. The Kier molecular flexibility index (Phi) is 5.08. The van der Waals surface area contributed by atoms with Gasteiger partial charge in [0.2, 0.25) is 0 Å². The molecule has 1 rings (SSSR count). The topological polar surface area (TPSA) is 0 Å². The molecule has 1 fully saturated rings. The van der Waals surface area contributed by atoms with Crippen molar-refractivity contribution in [3.8, 4) is 0 Å². The molecule has 0 nitrogen and oxygen atoms in total. The summed E-state index contributed by atoms with van der Waals surface area (Å²) in [6.07, 6.45) is 6.77. The molecule has 0 spiro atoms. The molecule has 0 bridgehead atoms. The van der Waals surface area contributed by atoms with Crippen LogP contribution in [0.25, 0.3) is 0 Å². The van der Waals surface area contributed by atoms with Crippen LogP contribution in [-0.2, 0) is 0 Å². The van der Waals surface area contributed by atoms with Crippen LogP contribution in [0.3, 0.4) is 0 Å². The van der Waals surface area contributed by atoms with Gasteiger partial charge in [-0.3, -0.25) is 0 Å². The van der Waals surface area contributed by atoms with Crippen LogP contribution in [0.5, 0.6) is 0 Å². The fourth-order valence-corrected chi connectivity index (χ4v) is 2.79. The van der Waals surface area contributed by atoms with Crippen LogP contribution in [0, 0.1) is 29.6 Å². The SMILES string of the molecule is CC(C)[C@H](C)/C=C1\C[C@H](C)CC[C@H]1C(C)C. The van der Waals surface area contributed by atoms with Crippen molar-refractivity contribution in [2.24, 2.45) is 29.6 Å². The van der Waals surface area contributed by atoms with E-state index in [0.29, 0.717) is 0 Å². The minimum atomic E-state index is 0.738. The van der Waals surface area contributed by atoms with Gasteiger partial charge in [-0.15, -0.1) is 0 Å². The Morgan fingerprint density at radius 2 is 1.69 bits per heavy atom. The summed E-state index contributed by atoms with van der Waals surface area (Å²) in [5.74, 6) is 4.09. The molecule has 1 aliphatic carbocycles. The van der Waals surface area contributed by atoms with Gasteiger partial charge in [-0.2, -0.15) is 0 Å². The zero-order chi connectivity index (χ0) is 12.3. The Hall–Kier alpha value is -0.260. The zero-order valence-electron chi connectivity index (χ0n) is 12.1. The highest BCUT2D eigenvalue weighted by molar-refractivity contribution is 5.12. The maximum atomic E-state index is 2.59. The van der Waals surface area contributed by atoms with Crippen LogP contribution >= 0.6 is 0 Å². The average Bonchev–Trinajstić information content (AvgIpc) is 2.16. The lowest BCUT2D eigenvalue weighted by Gasteiger charge is -2.33. The second kappa shape index (κ2) is 5.89. The second-order valence-electron chi connectivity index (χ2n) is 6.58. The first kappa shape index (κ1) is 13.8. The van der Waals surface area contributed by atoms with Crippen molar-refractivity contribution in [2.45, 2.75) is 60.8 Å². The number of rotatable bonds is 3. The van der Waals surface area contributed by atoms with Gasteiger partial charge < -0.3 is 0 Å². The summed E-state index contributed by atoms with van der Waals surface area (Å²) in [7, 11) is 0. The van der Waals surface area contributed by atoms with Crippen molar-refractivity contribution in [3.63, 3.8) is 0 Å². The van der Waals surface area contributed by atoms with Gasteiger partial charge in [-0.05, 0) is 48.9 Å². The molecule has 0 aromatic rings. The Labute approximate surface area is 103 Å². The van der Waals surface area contributed by atoms with Crippen LogP contribution in [0.1, 0.15) is 60.8 Å². The fraction of sp³-hybridized carbons (Fsp3) is 0.875. The predicted octanol–water partition coefficient (Wildman–Crippen LogP) is 5.30. The molecule has 0 saturated heterocycles. The third-order valence-electron chi connectivity index (χ3n) is 4.36. The molecule has 0 N–H and O–H groups in total. The number of hydrogen-bond acceptors (Lipinski definition) is 0. The van der Waals surface area contributed by atoms with Crippen LogP contribution in [-0.4, -0.2) is 0 Å². The van der Waals surface area contributed by atoms with Gasteiger partial charge in [0.25, 0.3) is 0 Å². The van der Waals surface area contributed by atoms with Crippen LogP contribution in [0.2, 0.25) is 0 Å². The molecule has 3 atom stereocenters. The minimum Gasteiger partial charge on any atom is -0.0819 e. The van der Waals surface area contributed by atoms with Crippen molar-refractivity contribution < 1.29 is 0 Å². The van der Waals surface area contributed by atoms with E-state index < -0.39 is 0 Å². The highest BCUT2D eigenvalue weighted by atomic mass is 14.3. The van der Waals surface area contributed by atoms with Crippen LogP contribution in [0.4, 0.5) is 0 Å². The van der Waals surface area contributed by atoms with E-state index in [4.69, 9.17) is 0 Å². The number of allylic oxidation sites excluding steroid dienone is 2. The predicted molar refractivity (Wildman–Crippen MR) is 73.4 cm³/mol. The largest absolute Gasteiger partial charge is 0.0819 e. The van der Waals surface area contributed by atoms with Crippen LogP contribution in [0.15, 0.2) is 11.6 Å². The molecule has 0 amide bonds. The Morgan fingerprint density at radius 1 is 1.06 bits per heavy atom. The lowest BCUT2D eigenvalue weighted by molar-refractivity contribution is 0.303. The minimum absolute atomic E-state index is 0.738. The van der Waals surface area contributed by atoms with Gasteiger partial charge in [-0.1, -0.05) is 53.2 Å². The van der Waals surface area contributed by atoms with Crippen molar-refractivity contribution in [1.29, 1.82) is 0 Å². The first-order valence-electron chi connectivity index (χ1n) is 7.12.